The van der Waals surface area contributed by atoms with Crippen LogP contribution in [0.2, 0.25) is 0 Å². The van der Waals surface area contributed by atoms with Gasteiger partial charge in [0.05, 0.1) is 57.4 Å². The Balaban J connectivity index is 0.00000101. The molecule has 0 atom stereocenters. The Labute approximate surface area is 472 Å². The number of aryl methyl sites for hydroxylation is 3. The van der Waals surface area contributed by atoms with Crippen LogP contribution in [0.25, 0.3) is 0 Å². The van der Waals surface area contributed by atoms with Crippen LogP contribution in [0.15, 0.2) is 31.6 Å². The highest BCUT2D eigenvalue weighted by Gasteiger charge is 2.32. The minimum Gasteiger partial charge on any atom is -0.502 e. The molecule has 0 saturated heterocycles. The quantitative estimate of drug-likeness (QED) is 0.0294. The molecule has 0 spiro atoms. The molecule has 22 heteroatoms. The topological polar surface area (TPSA) is 258 Å². The third-order valence-corrected chi connectivity index (χ3v) is 14.3. The number of esters is 2. The van der Waals surface area contributed by atoms with Gasteiger partial charge in [-0.1, -0.05) is 75.5 Å². The first kappa shape index (κ1) is 70.4. The molecule has 0 aromatic heterocycles. The monoisotopic (exact) mass is 1270 g/mol. The van der Waals surface area contributed by atoms with E-state index in [0.717, 1.165) is 12.8 Å². The number of carboxylic acid groups (broad SMARTS) is 1. The number of alkyl halides is 1. The summed E-state index contributed by atoms with van der Waals surface area (Å²) in [6.07, 6.45) is 3.75. The summed E-state index contributed by atoms with van der Waals surface area (Å²) in [5.74, 6) is 0.352. The zero-order valence-electron chi connectivity index (χ0n) is 46.2. The fraction of sp³-hybridized carbons (Fsp3) is 0.604. The van der Waals surface area contributed by atoms with Gasteiger partial charge in [-0.15, -0.1) is 11.6 Å². The number of nitro benzene ring substituents is 3. The zero-order valence-corrected chi connectivity index (χ0v) is 51.7. The molecule has 0 radical (unpaired) electrons. The van der Waals surface area contributed by atoms with Crippen LogP contribution in [-0.4, -0.2) is 75.2 Å². The van der Waals surface area contributed by atoms with E-state index in [1.54, 1.807) is 67.5 Å². The van der Waals surface area contributed by atoms with Crippen molar-refractivity contribution < 1.29 is 58.3 Å². The van der Waals surface area contributed by atoms with Gasteiger partial charge in [0.1, 0.15) is 0 Å². The van der Waals surface area contributed by atoms with E-state index in [1.165, 1.54) is 0 Å². The van der Waals surface area contributed by atoms with Crippen LogP contribution in [0, 0.1) is 100.0 Å². The standard InChI is InChI=1S/C19H28BrNO5.C15H20BrNO5.C11H21ClO2.C8H8BrNO3/c1-12(2)11-26-18(22)19(5,6)8-7-9-25-17-13(3)10-15(20)14(4)16(17)21(23)24;1-9-8-11(16)10(2)12(17(20)21)13(9)22-7-5-6-15(3,4)14(18)19;1-9(2)8-14-10(13)11(3,4)6-5-7-12;1-4-3-6(9)5(2)7(8(4)11)10(12)13/h10,12H,7-9,11H2,1-6H3;8H,5-7H2,1-4H3,(H,18,19);9H,5-8H2,1-4H3;3,11H,1-2H3. The van der Waals surface area contributed by atoms with E-state index in [4.69, 9.17) is 35.7 Å². The lowest BCUT2D eigenvalue weighted by Crippen LogP contribution is -2.28. The predicted molar refractivity (Wildman–Crippen MR) is 302 cm³/mol. The molecule has 3 rings (SSSR count). The van der Waals surface area contributed by atoms with Crippen molar-refractivity contribution in [3.05, 3.63) is 95.3 Å². The molecule has 0 fully saturated rings. The summed E-state index contributed by atoms with van der Waals surface area (Å²) in [6, 6.07) is 5.24. The molecule has 3 aromatic rings. The van der Waals surface area contributed by atoms with Crippen LogP contribution in [0.5, 0.6) is 17.2 Å². The lowest BCUT2D eigenvalue weighted by molar-refractivity contribution is -0.386. The summed E-state index contributed by atoms with van der Waals surface area (Å²) in [6.45, 7) is 30.3. The van der Waals surface area contributed by atoms with Gasteiger partial charge in [-0.2, -0.15) is 0 Å². The first-order valence-corrected chi connectivity index (χ1v) is 27.2. The van der Waals surface area contributed by atoms with Gasteiger partial charge >= 0.3 is 35.0 Å². The third-order valence-electron chi connectivity index (χ3n) is 11.6. The van der Waals surface area contributed by atoms with Gasteiger partial charge < -0.3 is 29.2 Å². The molecule has 0 aliphatic rings. The highest BCUT2D eigenvalue weighted by atomic mass is 79.9. The van der Waals surface area contributed by atoms with Gasteiger partial charge in [0, 0.05) is 36.0 Å². The van der Waals surface area contributed by atoms with E-state index in [1.807, 2.05) is 61.5 Å². The number of hydrogen-bond acceptors (Lipinski definition) is 14. The van der Waals surface area contributed by atoms with E-state index in [-0.39, 0.29) is 52.9 Å². The number of hydrogen-bond donors (Lipinski definition) is 2. The molecule has 0 bridgehead atoms. The molecule has 0 aliphatic carbocycles. The lowest BCUT2D eigenvalue weighted by Gasteiger charge is -2.23. The van der Waals surface area contributed by atoms with Crippen molar-refractivity contribution in [2.75, 3.05) is 32.3 Å². The van der Waals surface area contributed by atoms with Gasteiger partial charge in [0.15, 0.2) is 17.2 Å². The maximum atomic E-state index is 12.2. The Morgan fingerprint density at radius 3 is 1.19 bits per heavy atom. The fourth-order valence-electron chi connectivity index (χ4n) is 6.61. The largest absolute Gasteiger partial charge is 0.502 e. The summed E-state index contributed by atoms with van der Waals surface area (Å²) >= 11 is 15.4. The number of aromatic hydroxyl groups is 1. The first-order valence-electron chi connectivity index (χ1n) is 24.3. The molecule has 2 N–H and O–H groups in total. The molecule has 422 valence electrons. The van der Waals surface area contributed by atoms with E-state index < -0.39 is 37.0 Å². The van der Waals surface area contributed by atoms with Crippen LogP contribution in [0.1, 0.15) is 141 Å². The first-order chi connectivity index (χ1) is 34.4. The van der Waals surface area contributed by atoms with E-state index in [9.17, 15) is 49.8 Å². The summed E-state index contributed by atoms with van der Waals surface area (Å²) in [4.78, 5) is 66.6. The molecular formula is C53H77Br3ClN3O15. The summed E-state index contributed by atoms with van der Waals surface area (Å²) in [7, 11) is 0. The molecular weight excluding hydrogens is 1190 g/mol. The Hall–Kier alpha value is -4.60. The number of rotatable bonds is 23. The van der Waals surface area contributed by atoms with Gasteiger partial charge in [0.2, 0.25) is 0 Å². The third kappa shape index (κ3) is 23.3. The molecule has 0 unspecified atom stereocenters. The van der Waals surface area contributed by atoms with Crippen LogP contribution in [0.3, 0.4) is 0 Å². The van der Waals surface area contributed by atoms with Crippen LogP contribution in [-0.2, 0) is 23.9 Å². The number of benzene rings is 3. The van der Waals surface area contributed by atoms with Crippen molar-refractivity contribution in [2.24, 2.45) is 28.1 Å². The average molecular weight is 1270 g/mol. The van der Waals surface area contributed by atoms with Gasteiger partial charge in [-0.05, 0) is 168 Å². The second-order valence-corrected chi connectivity index (χ2v) is 23.8. The van der Waals surface area contributed by atoms with Gasteiger partial charge in [0.25, 0.3) is 0 Å². The number of carbonyl (C=O) groups is 3. The number of phenols is 1. The van der Waals surface area contributed by atoms with Gasteiger partial charge in [-0.25, -0.2) is 0 Å². The Bertz CT molecular complexity index is 2440. The molecule has 0 heterocycles. The molecule has 0 amide bonds. The summed E-state index contributed by atoms with van der Waals surface area (Å²) < 4.78 is 23.8. The second kappa shape index (κ2) is 32.2. The maximum absolute atomic E-state index is 12.2. The number of carboxylic acids is 1. The molecule has 0 saturated carbocycles. The SMILES string of the molecule is CC(C)COC(=O)C(C)(C)CCCCl.Cc1cc(Br)c(C)c([N+](=O)[O-])c1O.Cc1cc(Br)c(C)c([N+](=O)[O-])c1OCCCC(C)(C)C(=O)O.Cc1cc(Br)c(C)c([N+](=O)[O-])c1OCCCC(C)(C)C(=O)OCC(C)C. The van der Waals surface area contributed by atoms with Crippen molar-refractivity contribution in [2.45, 2.75) is 149 Å². The zero-order chi connectivity index (χ0) is 58.5. The number of phenolic OH excluding ortho intramolecular Hbond substituents is 1. The Kier molecular flexibility index (Phi) is 30.2. The highest BCUT2D eigenvalue weighted by Crippen LogP contribution is 2.41. The smallest absolute Gasteiger partial charge is 0.315 e. The predicted octanol–water partition coefficient (Wildman–Crippen LogP) is 15.5. The molecule has 0 aliphatic heterocycles. The number of nitrogens with zero attached hydrogens (tertiary/aromatic N) is 3. The van der Waals surface area contributed by atoms with E-state index in [0.29, 0.717) is 110 Å². The summed E-state index contributed by atoms with van der Waals surface area (Å²) in [5.41, 5.74) is 1.19. The molecule has 18 nitrogen and oxygen atoms in total. The number of ether oxygens (including phenoxy) is 4. The number of carbonyl (C=O) groups excluding carboxylic acids is 2. The summed E-state index contributed by atoms with van der Waals surface area (Å²) in [5, 5.41) is 51.7. The van der Waals surface area contributed by atoms with Crippen molar-refractivity contribution in [1.82, 2.24) is 0 Å². The van der Waals surface area contributed by atoms with E-state index >= 15 is 0 Å². The minimum atomic E-state index is -0.867. The van der Waals surface area contributed by atoms with Crippen LogP contribution in [0.4, 0.5) is 17.1 Å². The van der Waals surface area contributed by atoms with Gasteiger partial charge in [-0.3, -0.25) is 44.7 Å². The number of aliphatic carboxylic acids is 1. The van der Waals surface area contributed by atoms with Crippen molar-refractivity contribution in [3.8, 4) is 17.2 Å². The Morgan fingerprint density at radius 1 is 0.573 bits per heavy atom. The molecule has 75 heavy (non-hydrogen) atoms. The second-order valence-electron chi connectivity index (χ2n) is 20.9. The fourth-order valence-corrected chi connectivity index (χ4v) is 8.34. The normalized spacial score (nSPS) is 11.3. The lowest BCUT2D eigenvalue weighted by atomic mass is 9.88. The number of halogens is 4. The average Bonchev–Trinajstić information content (AvgIpc) is 3.29. The van der Waals surface area contributed by atoms with Crippen LogP contribution >= 0.6 is 59.4 Å². The molecule has 3 aromatic carbocycles. The Morgan fingerprint density at radius 2 is 0.880 bits per heavy atom. The van der Waals surface area contributed by atoms with Crippen LogP contribution < -0.4 is 9.47 Å². The van der Waals surface area contributed by atoms with Crippen molar-refractivity contribution in [1.29, 1.82) is 0 Å². The highest BCUT2D eigenvalue weighted by molar-refractivity contribution is 9.11. The van der Waals surface area contributed by atoms with E-state index in [2.05, 4.69) is 47.8 Å². The number of nitro groups is 3. The minimum absolute atomic E-state index is 0.0209. The maximum Gasteiger partial charge on any atom is 0.315 e. The van der Waals surface area contributed by atoms with Crippen molar-refractivity contribution in [3.63, 3.8) is 0 Å². The van der Waals surface area contributed by atoms with Crippen molar-refractivity contribution >= 4 is 94.4 Å².